The number of nitrogens with one attached hydrogen (secondary N) is 2. The first kappa shape index (κ1) is 24.9. The van der Waals surface area contributed by atoms with Crippen molar-refractivity contribution in [3.63, 3.8) is 0 Å². The van der Waals surface area contributed by atoms with Gasteiger partial charge in [-0.2, -0.15) is 0 Å². The highest BCUT2D eigenvalue weighted by molar-refractivity contribution is 6.06. The van der Waals surface area contributed by atoms with E-state index in [1.807, 2.05) is 19.2 Å². The van der Waals surface area contributed by atoms with E-state index in [4.69, 9.17) is 9.26 Å². The molecule has 1 heterocycles. The Kier molecular flexibility index (Phi) is 7.97. The Morgan fingerprint density at radius 3 is 2.17 bits per heavy atom. The molecule has 0 fully saturated rings. The highest BCUT2D eigenvalue weighted by Gasteiger charge is 2.49. The number of aliphatic carboxylic acids is 2. The van der Waals surface area contributed by atoms with Crippen LogP contribution in [0, 0.1) is 5.92 Å². The van der Waals surface area contributed by atoms with E-state index in [9.17, 15) is 29.4 Å². The minimum atomic E-state index is -2.62. The van der Waals surface area contributed by atoms with Crippen LogP contribution in [0.1, 0.15) is 65.5 Å². The molecule has 30 heavy (non-hydrogen) atoms. The van der Waals surface area contributed by atoms with E-state index in [2.05, 4.69) is 10.5 Å². The third-order valence-corrected chi connectivity index (χ3v) is 3.89. The molecule has 0 aromatic carbocycles. The average Bonchev–Trinajstić information content (AvgIpc) is 2.98. The smallest absolute Gasteiger partial charge is 0.408 e. The van der Waals surface area contributed by atoms with Gasteiger partial charge in [-0.3, -0.25) is 4.79 Å². The highest BCUT2D eigenvalue weighted by atomic mass is 16.6. The topological polar surface area (TPSA) is 168 Å². The second kappa shape index (κ2) is 9.59. The molecule has 0 saturated carbocycles. The molecule has 11 heteroatoms. The van der Waals surface area contributed by atoms with Crippen LogP contribution in [-0.4, -0.2) is 50.4 Å². The van der Waals surface area contributed by atoms with Crippen molar-refractivity contribution in [1.29, 1.82) is 0 Å². The quantitative estimate of drug-likeness (QED) is 0.430. The second-order valence-corrected chi connectivity index (χ2v) is 8.42. The van der Waals surface area contributed by atoms with Gasteiger partial charge in [0.25, 0.3) is 0 Å². The molecule has 1 aromatic rings. The van der Waals surface area contributed by atoms with Crippen molar-refractivity contribution in [3.8, 4) is 0 Å². The van der Waals surface area contributed by atoms with Crippen LogP contribution >= 0.6 is 0 Å². The number of hydrogen-bond donors (Lipinski definition) is 4. The minimum Gasteiger partial charge on any atom is -0.479 e. The predicted molar refractivity (Wildman–Crippen MR) is 104 cm³/mol. The van der Waals surface area contributed by atoms with E-state index in [0.29, 0.717) is 6.42 Å². The molecule has 0 bridgehead atoms. The fourth-order valence-corrected chi connectivity index (χ4v) is 2.71. The molecule has 0 aliphatic carbocycles. The van der Waals surface area contributed by atoms with Gasteiger partial charge in [0.05, 0.1) is 12.5 Å². The van der Waals surface area contributed by atoms with Crippen molar-refractivity contribution >= 4 is 23.9 Å². The first-order chi connectivity index (χ1) is 13.7. The maximum atomic E-state index is 12.2. The van der Waals surface area contributed by atoms with Gasteiger partial charge in [0.1, 0.15) is 17.1 Å². The SMILES string of the molecule is CC(=O)NC(Cc1cc(C(CC(C)C)NC(=O)OC(C)(C)C)no1)(C(=O)O)C(=O)O. The van der Waals surface area contributed by atoms with Gasteiger partial charge in [-0.1, -0.05) is 19.0 Å². The van der Waals surface area contributed by atoms with Crippen molar-refractivity contribution in [2.75, 3.05) is 0 Å². The lowest BCUT2D eigenvalue weighted by Crippen LogP contribution is -2.61. The Morgan fingerprint density at radius 1 is 1.17 bits per heavy atom. The molecule has 4 N–H and O–H groups in total. The van der Waals surface area contributed by atoms with E-state index >= 15 is 0 Å². The summed E-state index contributed by atoms with van der Waals surface area (Å²) in [5.74, 6) is -4.27. The van der Waals surface area contributed by atoms with Crippen LogP contribution in [0.4, 0.5) is 4.79 Å². The summed E-state index contributed by atoms with van der Waals surface area (Å²) in [5, 5.41) is 27.4. The monoisotopic (exact) mass is 427 g/mol. The zero-order valence-electron chi connectivity index (χ0n) is 17.9. The fourth-order valence-electron chi connectivity index (χ4n) is 2.71. The van der Waals surface area contributed by atoms with Gasteiger partial charge < -0.3 is 30.1 Å². The number of alkyl carbamates (subject to hydrolysis) is 1. The maximum absolute atomic E-state index is 12.2. The normalized spacial score (nSPS) is 12.9. The third-order valence-electron chi connectivity index (χ3n) is 3.89. The summed E-state index contributed by atoms with van der Waals surface area (Å²) >= 11 is 0. The lowest BCUT2D eigenvalue weighted by molar-refractivity contribution is -0.161. The Labute approximate surface area is 174 Å². The molecule has 2 amide bonds. The van der Waals surface area contributed by atoms with Crippen molar-refractivity contribution in [3.05, 3.63) is 17.5 Å². The number of ether oxygens (including phenoxy) is 1. The van der Waals surface area contributed by atoms with Gasteiger partial charge in [0.15, 0.2) is 0 Å². The van der Waals surface area contributed by atoms with Crippen molar-refractivity contribution in [2.45, 2.75) is 71.6 Å². The molecule has 0 aliphatic rings. The van der Waals surface area contributed by atoms with Crippen molar-refractivity contribution < 1.29 is 38.7 Å². The summed E-state index contributed by atoms with van der Waals surface area (Å²) in [5.41, 5.74) is -3.05. The number of rotatable bonds is 9. The maximum Gasteiger partial charge on any atom is 0.408 e. The van der Waals surface area contributed by atoms with E-state index in [1.54, 1.807) is 20.8 Å². The molecule has 0 aliphatic heterocycles. The van der Waals surface area contributed by atoms with Crippen LogP contribution in [0.3, 0.4) is 0 Å². The first-order valence-electron chi connectivity index (χ1n) is 9.37. The number of carbonyl (C=O) groups is 4. The largest absolute Gasteiger partial charge is 0.479 e. The van der Waals surface area contributed by atoms with Crippen molar-refractivity contribution in [2.24, 2.45) is 5.92 Å². The van der Waals surface area contributed by atoms with E-state index < -0.39 is 47.5 Å². The standard InChI is InChI=1S/C19H29N3O8/c1-10(2)7-13(20-17(28)29-18(4,5)6)14-8-12(30-22-14)9-19(15(24)25,16(26)27)21-11(3)23/h8,10,13H,7,9H2,1-6H3,(H,20,28)(H,21,23)(H,24,25)(H,26,27). The predicted octanol–water partition coefficient (Wildman–Crippen LogP) is 1.87. The van der Waals surface area contributed by atoms with E-state index in [1.165, 1.54) is 6.07 Å². The number of nitrogens with zero attached hydrogens (tertiary/aromatic N) is 1. The zero-order valence-corrected chi connectivity index (χ0v) is 17.9. The molecule has 1 unspecified atom stereocenters. The van der Waals surface area contributed by atoms with Gasteiger partial charge in [0.2, 0.25) is 11.4 Å². The molecule has 1 rings (SSSR count). The molecule has 0 radical (unpaired) electrons. The molecule has 0 saturated heterocycles. The number of carbonyl (C=O) groups excluding carboxylic acids is 2. The van der Waals surface area contributed by atoms with Crippen LogP contribution in [0.25, 0.3) is 0 Å². The molecule has 168 valence electrons. The number of hydrogen-bond acceptors (Lipinski definition) is 7. The number of aromatic nitrogens is 1. The molecule has 11 nitrogen and oxygen atoms in total. The molecule has 1 atom stereocenters. The lowest BCUT2D eigenvalue weighted by atomic mass is 9.93. The number of amides is 2. The molecule has 1 aromatic heterocycles. The molecular formula is C19H29N3O8. The summed E-state index contributed by atoms with van der Waals surface area (Å²) in [6.07, 6.45) is -0.869. The van der Waals surface area contributed by atoms with Crippen LogP contribution in [0.5, 0.6) is 0 Å². The fraction of sp³-hybridized carbons (Fsp3) is 0.632. The highest BCUT2D eigenvalue weighted by Crippen LogP contribution is 2.24. The molecule has 0 spiro atoms. The molecular weight excluding hydrogens is 398 g/mol. The Bertz CT molecular complexity index is 780. The summed E-state index contributed by atoms with van der Waals surface area (Å²) in [6.45, 7) is 10.0. The number of carboxylic acids is 2. The van der Waals surface area contributed by atoms with Crippen LogP contribution in [0.2, 0.25) is 0 Å². The van der Waals surface area contributed by atoms with Crippen LogP contribution in [0.15, 0.2) is 10.6 Å². The summed E-state index contributed by atoms with van der Waals surface area (Å²) in [4.78, 5) is 46.8. The Hall–Kier alpha value is -3.11. The van der Waals surface area contributed by atoms with E-state index in [0.717, 1.165) is 6.92 Å². The third kappa shape index (κ3) is 7.05. The first-order valence-corrected chi connectivity index (χ1v) is 9.37. The van der Waals surface area contributed by atoms with Crippen LogP contribution < -0.4 is 10.6 Å². The zero-order chi connectivity index (χ0) is 23.3. The Morgan fingerprint density at radius 2 is 1.73 bits per heavy atom. The number of carboxylic acid groups (broad SMARTS) is 2. The van der Waals surface area contributed by atoms with E-state index in [-0.39, 0.29) is 17.4 Å². The van der Waals surface area contributed by atoms with Gasteiger partial charge in [-0.25, -0.2) is 14.4 Å². The second-order valence-electron chi connectivity index (χ2n) is 8.42. The minimum absolute atomic E-state index is 0.0803. The lowest BCUT2D eigenvalue weighted by Gasteiger charge is -2.24. The summed E-state index contributed by atoms with van der Waals surface area (Å²) < 4.78 is 10.4. The van der Waals surface area contributed by atoms with Crippen LogP contribution in [-0.2, 0) is 25.5 Å². The average molecular weight is 427 g/mol. The van der Waals surface area contributed by atoms with Gasteiger partial charge in [-0.05, 0) is 33.1 Å². The van der Waals surface area contributed by atoms with Gasteiger partial charge in [-0.15, -0.1) is 0 Å². The summed E-state index contributed by atoms with van der Waals surface area (Å²) in [6, 6.07) is 0.745. The summed E-state index contributed by atoms with van der Waals surface area (Å²) in [7, 11) is 0. The van der Waals surface area contributed by atoms with Gasteiger partial charge >= 0.3 is 18.0 Å². The van der Waals surface area contributed by atoms with Crippen molar-refractivity contribution in [1.82, 2.24) is 15.8 Å². The van der Waals surface area contributed by atoms with Gasteiger partial charge in [0, 0.05) is 13.0 Å². The Balaban J connectivity index is 3.15.